The molecule has 1 aromatic heterocycles. The van der Waals surface area contributed by atoms with Gasteiger partial charge in [0.15, 0.2) is 0 Å². The zero-order chi connectivity index (χ0) is 16.6. The van der Waals surface area contributed by atoms with Gasteiger partial charge in [0.25, 0.3) is 5.69 Å². The Labute approximate surface area is 136 Å². The third-order valence-corrected chi connectivity index (χ3v) is 4.45. The fourth-order valence-corrected chi connectivity index (χ4v) is 3.38. The van der Waals surface area contributed by atoms with Crippen molar-refractivity contribution in [3.8, 4) is 0 Å². The lowest BCUT2D eigenvalue weighted by atomic mass is 9.98. The highest BCUT2D eigenvalue weighted by Gasteiger charge is 2.18. The van der Waals surface area contributed by atoms with Crippen LogP contribution in [-0.2, 0) is 7.05 Å². The second-order valence-corrected chi connectivity index (χ2v) is 6.75. The van der Waals surface area contributed by atoms with Crippen molar-refractivity contribution >= 4 is 22.2 Å². The standard InChI is InChI=1S/C18H23N3O2/c1-13(2)11-20-8-6-14(7-9-20)17-12-19(3)18-10-15(21(22)23)4-5-16(17)18/h4-6,10,12-13H,7-9,11H2,1-3H3. The van der Waals surface area contributed by atoms with E-state index in [-0.39, 0.29) is 10.6 Å². The first kappa shape index (κ1) is 15.7. The molecule has 0 spiro atoms. The van der Waals surface area contributed by atoms with E-state index in [9.17, 15) is 10.1 Å². The Balaban J connectivity index is 1.92. The minimum Gasteiger partial charge on any atom is -0.350 e. The van der Waals surface area contributed by atoms with Crippen molar-refractivity contribution < 1.29 is 4.92 Å². The molecule has 23 heavy (non-hydrogen) atoms. The highest BCUT2D eigenvalue weighted by atomic mass is 16.6. The van der Waals surface area contributed by atoms with Crippen LogP contribution in [0.25, 0.3) is 16.5 Å². The van der Waals surface area contributed by atoms with E-state index in [0.29, 0.717) is 5.92 Å². The molecule has 5 nitrogen and oxygen atoms in total. The molecule has 122 valence electrons. The van der Waals surface area contributed by atoms with Gasteiger partial charge in [-0.25, -0.2) is 0 Å². The van der Waals surface area contributed by atoms with Gasteiger partial charge in [0.1, 0.15) is 0 Å². The number of nitro groups is 1. The average Bonchev–Trinajstić information content (AvgIpc) is 2.84. The normalized spacial score (nSPS) is 16.1. The van der Waals surface area contributed by atoms with Crippen LogP contribution in [0.3, 0.4) is 0 Å². The molecule has 1 aliphatic rings. The molecule has 2 heterocycles. The van der Waals surface area contributed by atoms with E-state index in [1.807, 2.05) is 17.7 Å². The van der Waals surface area contributed by atoms with Crippen molar-refractivity contribution in [1.29, 1.82) is 0 Å². The van der Waals surface area contributed by atoms with Gasteiger partial charge < -0.3 is 4.57 Å². The molecule has 3 rings (SSSR count). The first-order valence-corrected chi connectivity index (χ1v) is 8.11. The Kier molecular flexibility index (Phi) is 4.22. The molecule has 0 N–H and O–H groups in total. The van der Waals surface area contributed by atoms with Gasteiger partial charge in [0, 0.05) is 56.0 Å². The molecule has 0 bridgehead atoms. The molecule has 0 atom stereocenters. The molecule has 0 saturated carbocycles. The highest BCUT2D eigenvalue weighted by molar-refractivity contribution is 5.94. The second kappa shape index (κ2) is 6.16. The van der Waals surface area contributed by atoms with Crippen molar-refractivity contribution in [2.75, 3.05) is 19.6 Å². The molecule has 0 amide bonds. The van der Waals surface area contributed by atoms with Gasteiger partial charge in [0.2, 0.25) is 0 Å². The number of rotatable bonds is 4. The van der Waals surface area contributed by atoms with Crippen LogP contribution < -0.4 is 0 Å². The van der Waals surface area contributed by atoms with Crippen LogP contribution in [0, 0.1) is 16.0 Å². The van der Waals surface area contributed by atoms with Gasteiger partial charge in [-0.15, -0.1) is 0 Å². The summed E-state index contributed by atoms with van der Waals surface area (Å²) in [6.45, 7) is 7.68. The molecule has 0 saturated heterocycles. The topological polar surface area (TPSA) is 51.3 Å². The summed E-state index contributed by atoms with van der Waals surface area (Å²) in [5.41, 5.74) is 3.62. The predicted molar refractivity (Wildman–Crippen MR) is 93.4 cm³/mol. The maximum atomic E-state index is 11.0. The predicted octanol–water partition coefficient (Wildman–Crippen LogP) is 3.83. The van der Waals surface area contributed by atoms with Crippen LogP contribution in [0.15, 0.2) is 30.5 Å². The number of fused-ring (bicyclic) bond motifs is 1. The number of aromatic nitrogens is 1. The Hall–Kier alpha value is -2.14. The molecule has 0 radical (unpaired) electrons. The Morgan fingerprint density at radius 3 is 2.74 bits per heavy atom. The van der Waals surface area contributed by atoms with Crippen LogP contribution in [0.1, 0.15) is 25.8 Å². The average molecular weight is 313 g/mol. The molecule has 1 aromatic carbocycles. The van der Waals surface area contributed by atoms with Gasteiger partial charge >= 0.3 is 0 Å². The summed E-state index contributed by atoms with van der Waals surface area (Å²) in [7, 11) is 1.95. The molecule has 1 aliphatic heterocycles. The van der Waals surface area contributed by atoms with Gasteiger partial charge in [-0.1, -0.05) is 19.9 Å². The fraction of sp³-hybridized carbons (Fsp3) is 0.444. The summed E-state index contributed by atoms with van der Waals surface area (Å²) < 4.78 is 1.99. The lowest BCUT2D eigenvalue weighted by molar-refractivity contribution is -0.384. The monoisotopic (exact) mass is 313 g/mol. The lowest BCUT2D eigenvalue weighted by Gasteiger charge is -2.27. The number of nitro benzene ring substituents is 1. The number of nitrogens with zero attached hydrogens (tertiary/aromatic N) is 3. The first-order chi connectivity index (χ1) is 11.0. The Morgan fingerprint density at radius 2 is 2.13 bits per heavy atom. The van der Waals surface area contributed by atoms with Crippen LogP contribution in [0.5, 0.6) is 0 Å². The largest absolute Gasteiger partial charge is 0.350 e. The van der Waals surface area contributed by atoms with E-state index in [1.165, 1.54) is 11.1 Å². The van der Waals surface area contributed by atoms with E-state index in [1.54, 1.807) is 12.1 Å². The minimum absolute atomic E-state index is 0.144. The third kappa shape index (κ3) is 3.15. The lowest BCUT2D eigenvalue weighted by Crippen LogP contribution is -2.31. The minimum atomic E-state index is -0.338. The molecule has 0 aliphatic carbocycles. The SMILES string of the molecule is CC(C)CN1CC=C(c2cn(C)c3cc([N+](=O)[O-])ccc23)CC1. The zero-order valence-electron chi connectivity index (χ0n) is 14.0. The number of hydrogen-bond donors (Lipinski definition) is 0. The van der Waals surface area contributed by atoms with E-state index in [4.69, 9.17) is 0 Å². The van der Waals surface area contributed by atoms with Crippen molar-refractivity contribution in [2.24, 2.45) is 13.0 Å². The molecule has 0 fully saturated rings. The van der Waals surface area contributed by atoms with Crippen molar-refractivity contribution in [3.05, 3.63) is 46.1 Å². The van der Waals surface area contributed by atoms with Crippen LogP contribution in [-0.4, -0.2) is 34.0 Å². The summed E-state index contributed by atoms with van der Waals surface area (Å²) >= 11 is 0. The fourth-order valence-electron chi connectivity index (χ4n) is 3.38. The summed E-state index contributed by atoms with van der Waals surface area (Å²) in [5, 5.41) is 12.1. The summed E-state index contributed by atoms with van der Waals surface area (Å²) in [5.74, 6) is 0.683. The quantitative estimate of drug-likeness (QED) is 0.636. The number of benzene rings is 1. The Morgan fingerprint density at radius 1 is 1.35 bits per heavy atom. The van der Waals surface area contributed by atoms with Crippen LogP contribution in [0.2, 0.25) is 0 Å². The smallest absolute Gasteiger partial charge is 0.271 e. The molecule has 5 heteroatoms. The van der Waals surface area contributed by atoms with Crippen molar-refractivity contribution in [3.63, 3.8) is 0 Å². The number of non-ortho nitro benzene ring substituents is 1. The molecule has 2 aromatic rings. The zero-order valence-corrected chi connectivity index (χ0v) is 14.0. The molecular formula is C18H23N3O2. The van der Waals surface area contributed by atoms with Gasteiger partial charge in [-0.3, -0.25) is 15.0 Å². The van der Waals surface area contributed by atoms with Crippen LogP contribution in [0.4, 0.5) is 5.69 Å². The molecule has 0 unspecified atom stereocenters. The van der Waals surface area contributed by atoms with Gasteiger partial charge in [0.05, 0.1) is 10.4 Å². The van der Waals surface area contributed by atoms with Gasteiger partial charge in [-0.2, -0.15) is 0 Å². The van der Waals surface area contributed by atoms with E-state index >= 15 is 0 Å². The summed E-state index contributed by atoms with van der Waals surface area (Å²) in [6, 6.07) is 5.14. The second-order valence-electron chi connectivity index (χ2n) is 6.75. The highest BCUT2D eigenvalue weighted by Crippen LogP contribution is 2.32. The summed E-state index contributed by atoms with van der Waals surface area (Å²) in [6.07, 6.45) is 5.43. The van der Waals surface area contributed by atoms with E-state index in [2.05, 4.69) is 31.0 Å². The number of hydrogen-bond acceptors (Lipinski definition) is 3. The first-order valence-electron chi connectivity index (χ1n) is 8.11. The Bertz CT molecular complexity index is 774. The van der Waals surface area contributed by atoms with Crippen molar-refractivity contribution in [1.82, 2.24) is 9.47 Å². The number of aryl methyl sites for hydroxylation is 1. The van der Waals surface area contributed by atoms with E-state index < -0.39 is 0 Å². The van der Waals surface area contributed by atoms with Crippen LogP contribution >= 0.6 is 0 Å². The maximum Gasteiger partial charge on any atom is 0.271 e. The summed E-state index contributed by atoms with van der Waals surface area (Å²) in [4.78, 5) is 13.1. The maximum absolute atomic E-state index is 11.0. The van der Waals surface area contributed by atoms with E-state index in [0.717, 1.165) is 37.0 Å². The van der Waals surface area contributed by atoms with Gasteiger partial charge in [-0.05, 0) is 24.0 Å². The third-order valence-electron chi connectivity index (χ3n) is 4.45. The van der Waals surface area contributed by atoms with Crippen molar-refractivity contribution in [2.45, 2.75) is 20.3 Å². The molecular weight excluding hydrogens is 290 g/mol.